The molecule has 1 amide bonds. The maximum atomic E-state index is 13.0. The van der Waals surface area contributed by atoms with Crippen molar-refractivity contribution in [1.82, 2.24) is 19.5 Å². The maximum absolute atomic E-state index is 13.0. The summed E-state index contributed by atoms with van der Waals surface area (Å²) in [5.41, 5.74) is 1.54. The molecule has 7 heteroatoms. The smallest absolute Gasteiger partial charge is 0.259 e. The van der Waals surface area contributed by atoms with E-state index in [1.54, 1.807) is 22.7 Å². The Kier molecular flexibility index (Phi) is 4.08. The maximum Gasteiger partial charge on any atom is 0.259 e. The number of methoxy groups -OCH3 is 1. The molecule has 1 aliphatic rings. The van der Waals surface area contributed by atoms with Gasteiger partial charge in [0.25, 0.3) is 5.91 Å². The van der Waals surface area contributed by atoms with Gasteiger partial charge in [-0.2, -0.15) is 5.10 Å². The molecule has 1 saturated heterocycles. The molecule has 0 saturated carbocycles. The van der Waals surface area contributed by atoms with Crippen LogP contribution < -0.4 is 0 Å². The molecular formula is C16H22N4O3. The van der Waals surface area contributed by atoms with Crippen LogP contribution in [0.4, 0.5) is 0 Å². The standard InChI is InChI=1S/C16H22N4O3/c1-11-5-6-20-14(18-11)13(7-17-20)15(21)19-8-12(9-22-4)23-16(2,3)10-19/h5-7,12H,8-10H2,1-4H3/t12-/m0/s1. The van der Waals surface area contributed by atoms with Gasteiger partial charge in [-0.3, -0.25) is 4.79 Å². The Hall–Kier alpha value is -1.99. The summed E-state index contributed by atoms with van der Waals surface area (Å²) in [5, 5.41) is 4.22. The Labute approximate surface area is 135 Å². The molecule has 0 spiro atoms. The molecule has 23 heavy (non-hydrogen) atoms. The second kappa shape index (κ2) is 5.90. The third-order valence-electron chi connectivity index (χ3n) is 3.86. The summed E-state index contributed by atoms with van der Waals surface area (Å²) in [4.78, 5) is 19.2. The minimum Gasteiger partial charge on any atom is -0.382 e. The van der Waals surface area contributed by atoms with Gasteiger partial charge in [0.1, 0.15) is 5.56 Å². The number of aromatic nitrogens is 3. The fraction of sp³-hybridized carbons (Fsp3) is 0.562. The zero-order chi connectivity index (χ0) is 16.6. The van der Waals surface area contributed by atoms with Crippen LogP contribution in [0.5, 0.6) is 0 Å². The van der Waals surface area contributed by atoms with E-state index in [0.717, 1.165) is 5.69 Å². The van der Waals surface area contributed by atoms with Crippen LogP contribution in [0.1, 0.15) is 29.9 Å². The minimum atomic E-state index is -0.413. The first-order chi connectivity index (χ1) is 10.9. The third-order valence-corrected chi connectivity index (χ3v) is 3.86. The number of carbonyl (C=O) groups excluding carboxylic acids is 1. The van der Waals surface area contributed by atoms with Crippen molar-refractivity contribution >= 4 is 11.6 Å². The SMILES string of the molecule is COC[C@@H]1CN(C(=O)c2cnn3ccc(C)nc23)CC(C)(C)O1. The Bertz CT molecular complexity index is 725. The van der Waals surface area contributed by atoms with E-state index in [4.69, 9.17) is 9.47 Å². The number of ether oxygens (including phenoxy) is 2. The monoisotopic (exact) mass is 318 g/mol. The molecule has 3 heterocycles. The van der Waals surface area contributed by atoms with Crippen molar-refractivity contribution in [1.29, 1.82) is 0 Å². The van der Waals surface area contributed by atoms with Gasteiger partial charge in [-0.1, -0.05) is 0 Å². The van der Waals surface area contributed by atoms with Crippen LogP contribution in [-0.4, -0.2) is 63.9 Å². The summed E-state index contributed by atoms with van der Waals surface area (Å²) in [5.74, 6) is -0.0735. The van der Waals surface area contributed by atoms with E-state index in [0.29, 0.717) is 30.9 Å². The fourth-order valence-corrected chi connectivity index (χ4v) is 3.00. The van der Waals surface area contributed by atoms with Gasteiger partial charge < -0.3 is 14.4 Å². The van der Waals surface area contributed by atoms with Crippen molar-refractivity contribution in [3.05, 3.63) is 29.7 Å². The second-order valence-corrected chi connectivity index (χ2v) is 6.54. The van der Waals surface area contributed by atoms with Crippen LogP contribution in [0.3, 0.4) is 0 Å². The molecule has 124 valence electrons. The highest BCUT2D eigenvalue weighted by molar-refractivity contribution is 5.99. The molecule has 1 fully saturated rings. The van der Waals surface area contributed by atoms with E-state index < -0.39 is 5.60 Å². The summed E-state index contributed by atoms with van der Waals surface area (Å²) in [7, 11) is 1.63. The van der Waals surface area contributed by atoms with Crippen LogP contribution >= 0.6 is 0 Å². The highest BCUT2D eigenvalue weighted by atomic mass is 16.5. The highest BCUT2D eigenvalue weighted by Gasteiger charge is 2.36. The molecule has 0 N–H and O–H groups in total. The van der Waals surface area contributed by atoms with Crippen molar-refractivity contribution in [2.24, 2.45) is 0 Å². The number of hydrogen-bond donors (Lipinski definition) is 0. The number of amides is 1. The first-order valence-electron chi connectivity index (χ1n) is 7.66. The Morgan fingerprint density at radius 2 is 2.30 bits per heavy atom. The van der Waals surface area contributed by atoms with E-state index in [-0.39, 0.29) is 12.0 Å². The van der Waals surface area contributed by atoms with Gasteiger partial charge >= 0.3 is 0 Å². The molecule has 0 radical (unpaired) electrons. The molecule has 1 aliphatic heterocycles. The van der Waals surface area contributed by atoms with E-state index >= 15 is 0 Å². The lowest BCUT2D eigenvalue weighted by atomic mass is 10.0. The first kappa shape index (κ1) is 15.9. The normalized spacial score (nSPS) is 20.9. The largest absolute Gasteiger partial charge is 0.382 e. The van der Waals surface area contributed by atoms with E-state index in [1.807, 2.05) is 33.0 Å². The molecule has 2 aromatic heterocycles. The lowest BCUT2D eigenvalue weighted by Crippen LogP contribution is -2.55. The molecule has 0 aromatic carbocycles. The molecule has 3 rings (SSSR count). The van der Waals surface area contributed by atoms with Crippen molar-refractivity contribution in [3.63, 3.8) is 0 Å². The summed E-state index contributed by atoms with van der Waals surface area (Å²) >= 11 is 0. The summed E-state index contributed by atoms with van der Waals surface area (Å²) in [6.45, 7) is 7.34. The zero-order valence-electron chi connectivity index (χ0n) is 13.9. The van der Waals surface area contributed by atoms with Crippen LogP contribution in [0.15, 0.2) is 18.5 Å². The van der Waals surface area contributed by atoms with Crippen LogP contribution in [0.25, 0.3) is 5.65 Å². The summed E-state index contributed by atoms with van der Waals surface area (Å²) in [6, 6.07) is 1.86. The molecule has 0 aliphatic carbocycles. The summed E-state index contributed by atoms with van der Waals surface area (Å²) in [6.07, 6.45) is 3.26. The molecule has 7 nitrogen and oxygen atoms in total. The number of nitrogens with zero attached hydrogens (tertiary/aromatic N) is 4. The van der Waals surface area contributed by atoms with E-state index in [2.05, 4.69) is 10.1 Å². The zero-order valence-corrected chi connectivity index (χ0v) is 13.9. The highest BCUT2D eigenvalue weighted by Crippen LogP contribution is 2.23. The minimum absolute atomic E-state index is 0.0735. The number of aryl methyl sites for hydroxylation is 1. The van der Waals surface area contributed by atoms with Gasteiger partial charge in [0.05, 0.1) is 24.5 Å². The second-order valence-electron chi connectivity index (χ2n) is 6.54. The van der Waals surface area contributed by atoms with Gasteiger partial charge in [-0.25, -0.2) is 9.50 Å². The Morgan fingerprint density at radius 3 is 3.04 bits per heavy atom. The van der Waals surface area contributed by atoms with Gasteiger partial charge in [-0.05, 0) is 26.8 Å². The summed E-state index contributed by atoms with van der Waals surface area (Å²) < 4.78 is 12.8. The quantitative estimate of drug-likeness (QED) is 0.853. The lowest BCUT2D eigenvalue weighted by Gasteiger charge is -2.42. The topological polar surface area (TPSA) is 69.0 Å². The number of carbonyl (C=O) groups is 1. The van der Waals surface area contributed by atoms with Gasteiger partial charge in [0.15, 0.2) is 5.65 Å². The molecule has 0 bridgehead atoms. The van der Waals surface area contributed by atoms with Gasteiger partial charge in [-0.15, -0.1) is 0 Å². The van der Waals surface area contributed by atoms with Gasteiger partial charge in [0.2, 0.25) is 0 Å². The fourth-order valence-electron chi connectivity index (χ4n) is 3.00. The predicted molar refractivity (Wildman–Crippen MR) is 84.5 cm³/mol. The number of morpholine rings is 1. The average molecular weight is 318 g/mol. The third kappa shape index (κ3) is 3.20. The number of fused-ring (bicyclic) bond motifs is 1. The number of rotatable bonds is 3. The van der Waals surface area contributed by atoms with Crippen LogP contribution in [-0.2, 0) is 9.47 Å². The molecule has 2 aromatic rings. The molecule has 0 unspecified atom stereocenters. The first-order valence-corrected chi connectivity index (χ1v) is 7.66. The van der Waals surface area contributed by atoms with E-state index in [1.165, 1.54) is 0 Å². The predicted octanol–water partition coefficient (Wildman–Crippen LogP) is 1.30. The van der Waals surface area contributed by atoms with Crippen molar-refractivity contribution in [2.75, 3.05) is 26.8 Å². The van der Waals surface area contributed by atoms with Crippen molar-refractivity contribution in [3.8, 4) is 0 Å². The molecular weight excluding hydrogens is 296 g/mol. The van der Waals surface area contributed by atoms with Crippen LogP contribution in [0, 0.1) is 6.92 Å². The lowest BCUT2D eigenvalue weighted by molar-refractivity contribution is -0.143. The average Bonchev–Trinajstić information content (AvgIpc) is 2.88. The van der Waals surface area contributed by atoms with Gasteiger partial charge in [0, 0.05) is 32.1 Å². The number of hydrogen-bond acceptors (Lipinski definition) is 5. The molecule has 1 atom stereocenters. The Balaban J connectivity index is 1.90. The van der Waals surface area contributed by atoms with Crippen LogP contribution in [0.2, 0.25) is 0 Å². The van der Waals surface area contributed by atoms with E-state index in [9.17, 15) is 4.79 Å². The Morgan fingerprint density at radius 1 is 1.52 bits per heavy atom. The van der Waals surface area contributed by atoms with Crippen molar-refractivity contribution in [2.45, 2.75) is 32.5 Å². The van der Waals surface area contributed by atoms with Crippen molar-refractivity contribution < 1.29 is 14.3 Å².